The van der Waals surface area contributed by atoms with E-state index in [1.807, 2.05) is 0 Å². The lowest BCUT2D eigenvalue weighted by atomic mass is 10.2. The van der Waals surface area contributed by atoms with Crippen LogP contribution in [0.5, 0.6) is 0 Å². The second-order valence-electron chi connectivity index (χ2n) is 5.24. The first-order chi connectivity index (χ1) is 7.24. The smallest absolute Gasteiger partial charge is 0.0221 e. The largest absolute Gasteiger partial charge is 0.315 e. The molecule has 0 aromatic rings. The summed E-state index contributed by atoms with van der Waals surface area (Å²) < 4.78 is 0. The van der Waals surface area contributed by atoms with E-state index >= 15 is 0 Å². The molecule has 15 heavy (non-hydrogen) atoms. The fourth-order valence-corrected chi connectivity index (χ4v) is 2.32. The van der Waals surface area contributed by atoms with Gasteiger partial charge in [0.1, 0.15) is 0 Å². The third-order valence-corrected chi connectivity index (χ3v) is 3.23. The highest BCUT2D eigenvalue weighted by Gasteiger charge is 2.22. The van der Waals surface area contributed by atoms with Gasteiger partial charge in [0.2, 0.25) is 0 Å². The fourth-order valence-electron chi connectivity index (χ4n) is 2.32. The van der Waals surface area contributed by atoms with Crippen molar-refractivity contribution in [3.8, 4) is 0 Å². The Morgan fingerprint density at radius 2 is 2.20 bits per heavy atom. The molecule has 2 heteroatoms. The van der Waals surface area contributed by atoms with Crippen LogP contribution in [0.25, 0.3) is 0 Å². The molecule has 1 unspecified atom stereocenters. The molecule has 1 aliphatic heterocycles. The lowest BCUT2D eigenvalue weighted by molar-refractivity contribution is 0.242. The zero-order valence-electron chi connectivity index (χ0n) is 10.8. The van der Waals surface area contributed by atoms with Crippen molar-refractivity contribution in [3.63, 3.8) is 0 Å². The van der Waals surface area contributed by atoms with Gasteiger partial charge in [-0.05, 0) is 44.8 Å². The predicted octanol–water partition coefficient (Wildman–Crippen LogP) is 2.50. The van der Waals surface area contributed by atoms with Crippen molar-refractivity contribution >= 4 is 0 Å². The van der Waals surface area contributed by atoms with Gasteiger partial charge in [-0.2, -0.15) is 0 Å². The monoisotopic (exact) mass is 212 g/mol. The van der Waals surface area contributed by atoms with E-state index in [1.165, 1.54) is 45.3 Å². The number of rotatable bonds is 7. The van der Waals surface area contributed by atoms with Gasteiger partial charge in [0.05, 0.1) is 0 Å². The summed E-state index contributed by atoms with van der Waals surface area (Å²) in [5, 5.41) is 3.59. The van der Waals surface area contributed by atoms with Crippen LogP contribution in [0.3, 0.4) is 0 Å². The average Bonchev–Trinajstić information content (AvgIpc) is 2.62. The van der Waals surface area contributed by atoms with E-state index < -0.39 is 0 Å². The SMILES string of the molecule is CCCCN1CCCC1CNCC(C)C. The standard InChI is InChI=1S/C13H28N2/c1-4-5-8-15-9-6-7-13(15)11-14-10-12(2)3/h12-14H,4-11H2,1-3H3. The number of unbranched alkanes of at least 4 members (excludes halogenated alkanes) is 1. The van der Waals surface area contributed by atoms with Gasteiger partial charge >= 0.3 is 0 Å². The molecule has 0 aromatic carbocycles. The minimum atomic E-state index is 0.774. The Morgan fingerprint density at radius 1 is 1.40 bits per heavy atom. The summed E-state index contributed by atoms with van der Waals surface area (Å²) in [6.45, 7) is 11.8. The van der Waals surface area contributed by atoms with E-state index in [9.17, 15) is 0 Å². The molecule has 1 heterocycles. The minimum Gasteiger partial charge on any atom is -0.315 e. The van der Waals surface area contributed by atoms with Gasteiger partial charge in [-0.1, -0.05) is 27.2 Å². The van der Waals surface area contributed by atoms with Crippen LogP contribution in [0.1, 0.15) is 46.5 Å². The zero-order valence-corrected chi connectivity index (χ0v) is 10.8. The second kappa shape index (κ2) is 7.24. The van der Waals surface area contributed by atoms with Gasteiger partial charge in [-0.25, -0.2) is 0 Å². The zero-order chi connectivity index (χ0) is 11.1. The number of likely N-dealkylation sites (tertiary alicyclic amines) is 1. The third kappa shape index (κ3) is 4.98. The van der Waals surface area contributed by atoms with Gasteiger partial charge in [-0.3, -0.25) is 4.90 Å². The van der Waals surface area contributed by atoms with Crippen molar-refractivity contribution in [2.24, 2.45) is 5.92 Å². The lowest BCUT2D eigenvalue weighted by Crippen LogP contribution is -2.39. The van der Waals surface area contributed by atoms with Crippen molar-refractivity contribution in [1.29, 1.82) is 0 Å². The Labute approximate surface area is 95.4 Å². The normalized spacial score (nSPS) is 22.8. The Morgan fingerprint density at radius 3 is 2.87 bits per heavy atom. The fraction of sp³-hybridized carbons (Fsp3) is 1.00. The van der Waals surface area contributed by atoms with Crippen LogP contribution < -0.4 is 5.32 Å². The van der Waals surface area contributed by atoms with E-state index in [1.54, 1.807) is 0 Å². The van der Waals surface area contributed by atoms with Crippen LogP contribution >= 0.6 is 0 Å². The van der Waals surface area contributed by atoms with Crippen molar-refractivity contribution < 1.29 is 0 Å². The summed E-state index contributed by atoms with van der Waals surface area (Å²) in [4.78, 5) is 2.68. The first kappa shape index (κ1) is 13.0. The molecule has 1 fully saturated rings. The summed E-state index contributed by atoms with van der Waals surface area (Å²) in [6.07, 6.45) is 5.48. The maximum atomic E-state index is 3.59. The van der Waals surface area contributed by atoms with Gasteiger partial charge in [0.15, 0.2) is 0 Å². The van der Waals surface area contributed by atoms with Crippen LogP contribution in [0, 0.1) is 5.92 Å². The first-order valence-electron chi connectivity index (χ1n) is 6.68. The van der Waals surface area contributed by atoms with Crippen molar-refractivity contribution in [2.75, 3.05) is 26.2 Å². The molecular formula is C13H28N2. The molecule has 0 radical (unpaired) electrons. The molecule has 1 aliphatic rings. The van der Waals surface area contributed by atoms with Crippen LogP contribution in [-0.4, -0.2) is 37.1 Å². The second-order valence-corrected chi connectivity index (χ2v) is 5.24. The molecule has 0 amide bonds. The summed E-state index contributed by atoms with van der Waals surface area (Å²) >= 11 is 0. The number of hydrogen-bond acceptors (Lipinski definition) is 2. The molecule has 1 rings (SSSR count). The summed E-state index contributed by atoms with van der Waals surface area (Å²) in [5.41, 5.74) is 0. The Hall–Kier alpha value is -0.0800. The van der Waals surface area contributed by atoms with Crippen molar-refractivity contribution in [2.45, 2.75) is 52.5 Å². The van der Waals surface area contributed by atoms with Gasteiger partial charge < -0.3 is 5.32 Å². The van der Waals surface area contributed by atoms with Crippen LogP contribution in [0.2, 0.25) is 0 Å². The quantitative estimate of drug-likeness (QED) is 0.697. The number of hydrogen-bond donors (Lipinski definition) is 1. The molecule has 2 nitrogen and oxygen atoms in total. The molecule has 0 saturated carbocycles. The molecule has 1 saturated heterocycles. The maximum absolute atomic E-state index is 3.59. The highest BCUT2D eigenvalue weighted by atomic mass is 15.2. The van der Waals surface area contributed by atoms with Gasteiger partial charge in [0.25, 0.3) is 0 Å². The van der Waals surface area contributed by atoms with Gasteiger partial charge in [-0.15, -0.1) is 0 Å². The van der Waals surface area contributed by atoms with Crippen molar-refractivity contribution in [3.05, 3.63) is 0 Å². The third-order valence-electron chi connectivity index (χ3n) is 3.23. The van der Waals surface area contributed by atoms with E-state index in [-0.39, 0.29) is 0 Å². The maximum Gasteiger partial charge on any atom is 0.0221 e. The Kier molecular flexibility index (Phi) is 6.26. The number of nitrogens with zero attached hydrogens (tertiary/aromatic N) is 1. The lowest BCUT2D eigenvalue weighted by Gasteiger charge is -2.24. The molecular weight excluding hydrogens is 184 g/mol. The highest BCUT2D eigenvalue weighted by molar-refractivity contribution is 4.80. The van der Waals surface area contributed by atoms with E-state index in [4.69, 9.17) is 0 Å². The summed E-state index contributed by atoms with van der Waals surface area (Å²) in [5.74, 6) is 0.774. The minimum absolute atomic E-state index is 0.774. The average molecular weight is 212 g/mol. The van der Waals surface area contributed by atoms with Gasteiger partial charge in [0, 0.05) is 12.6 Å². The molecule has 1 atom stereocenters. The molecule has 0 aromatic heterocycles. The van der Waals surface area contributed by atoms with E-state index in [0.717, 1.165) is 18.5 Å². The molecule has 0 spiro atoms. The van der Waals surface area contributed by atoms with Crippen LogP contribution in [-0.2, 0) is 0 Å². The predicted molar refractivity (Wildman–Crippen MR) is 67.2 cm³/mol. The van der Waals surface area contributed by atoms with E-state index in [0.29, 0.717) is 0 Å². The summed E-state index contributed by atoms with van der Waals surface area (Å²) in [7, 11) is 0. The van der Waals surface area contributed by atoms with Crippen molar-refractivity contribution in [1.82, 2.24) is 10.2 Å². The van der Waals surface area contributed by atoms with Crippen LogP contribution in [0.4, 0.5) is 0 Å². The topological polar surface area (TPSA) is 15.3 Å². The first-order valence-corrected chi connectivity index (χ1v) is 6.68. The summed E-state index contributed by atoms with van der Waals surface area (Å²) in [6, 6.07) is 0.815. The Bertz CT molecular complexity index is 157. The molecule has 0 aliphatic carbocycles. The highest BCUT2D eigenvalue weighted by Crippen LogP contribution is 2.16. The number of nitrogens with one attached hydrogen (secondary N) is 1. The van der Waals surface area contributed by atoms with E-state index in [2.05, 4.69) is 31.0 Å². The Balaban J connectivity index is 2.15. The molecule has 1 N–H and O–H groups in total. The molecule has 90 valence electrons. The molecule has 0 bridgehead atoms. The van der Waals surface area contributed by atoms with Crippen LogP contribution in [0.15, 0.2) is 0 Å².